The van der Waals surface area contributed by atoms with Crippen LogP contribution in [0.3, 0.4) is 0 Å². The molecule has 0 radical (unpaired) electrons. The van der Waals surface area contributed by atoms with Gasteiger partial charge in [-0.1, -0.05) is 0 Å². The van der Waals surface area contributed by atoms with Crippen molar-refractivity contribution in [1.29, 1.82) is 0 Å². The Balaban J connectivity index is 1.60. The topological polar surface area (TPSA) is 61.5 Å². The van der Waals surface area contributed by atoms with Gasteiger partial charge in [0.2, 0.25) is 5.95 Å². The van der Waals surface area contributed by atoms with E-state index in [0.29, 0.717) is 12.0 Å². The van der Waals surface area contributed by atoms with Crippen LogP contribution < -0.4 is 20.4 Å². The lowest BCUT2D eigenvalue weighted by Crippen LogP contribution is -2.59. The Morgan fingerprint density at radius 3 is 2.70 bits per heavy atom. The zero-order valence-electron chi connectivity index (χ0n) is 13.0. The minimum absolute atomic E-state index is 0.346. The van der Waals surface area contributed by atoms with Crippen LogP contribution in [0.15, 0.2) is 30.6 Å². The van der Waals surface area contributed by atoms with Crippen molar-refractivity contribution in [2.45, 2.75) is 6.04 Å². The van der Waals surface area contributed by atoms with Crippen LogP contribution in [0.25, 0.3) is 0 Å². The summed E-state index contributed by atoms with van der Waals surface area (Å²) < 4.78 is 13.0. The summed E-state index contributed by atoms with van der Waals surface area (Å²) in [5.41, 5.74) is 9.10. The molecule has 3 heterocycles. The van der Waals surface area contributed by atoms with Crippen molar-refractivity contribution in [3.05, 3.63) is 36.4 Å². The van der Waals surface area contributed by atoms with Crippen molar-refractivity contribution in [3.8, 4) is 0 Å². The van der Waals surface area contributed by atoms with Gasteiger partial charge in [-0.25, -0.2) is 14.4 Å². The summed E-state index contributed by atoms with van der Waals surface area (Å²) in [7, 11) is 2.09. The molecule has 4 rings (SSSR count). The number of aromatic nitrogens is 2. The molecule has 120 valence electrons. The largest absolute Gasteiger partial charge is 0.399 e. The Bertz CT molecular complexity index is 719. The number of anilines is 4. The highest BCUT2D eigenvalue weighted by Gasteiger charge is 2.34. The van der Waals surface area contributed by atoms with Gasteiger partial charge in [-0.05, 0) is 18.2 Å². The van der Waals surface area contributed by atoms with Crippen molar-refractivity contribution in [2.75, 3.05) is 53.7 Å². The molecule has 2 aliphatic heterocycles. The molecular weight excluding hydrogens is 295 g/mol. The second-order valence-electron chi connectivity index (χ2n) is 6.12. The molecule has 1 saturated heterocycles. The van der Waals surface area contributed by atoms with Gasteiger partial charge < -0.3 is 20.4 Å². The van der Waals surface area contributed by atoms with Crippen molar-refractivity contribution >= 4 is 23.0 Å². The van der Waals surface area contributed by atoms with Crippen LogP contribution in [-0.4, -0.2) is 49.2 Å². The van der Waals surface area contributed by atoms with Crippen LogP contribution in [0.1, 0.15) is 0 Å². The van der Waals surface area contributed by atoms with E-state index >= 15 is 0 Å². The molecule has 0 aliphatic carbocycles. The highest BCUT2D eigenvalue weighted by Crippen LogP contribution is 2.37. The molecule has 1 aromatic carbocycles. The lowest BCUT2D eigenvalue weighted by molar-refractivity contribution is 0.500. The van der Waals surface area contributed by atoms with Gasteiger partial charge in [0.1, 0.15) is 0 Å². The van der Waals surface area contributed by atoms with Crippen LogP contribution in [0.2, 0.25) is 0 Å². The van der Waals surface area contributed by atoms with Crippen LogP contribution in [0.4, 0.5) is 27.4 Å². The summed E-state index contributed by atoms with van der Waals surface area (Å²) in [6.45, 7) is 3.43. The predicted molar refractivity (Wildman–Crippen MR) is 89.5 cm³/mol. The number of benzene rings is 1. The first-order valence-corrected chi connectivity index (χ1v) is 7.71. The first-order chi connectivity index (χ1) is 11.1. The molecule has 0 amide bonds. The van der Waals surface area contributed by atoms with Crippen molar-refractivity contribution < 1.29 is 4.39 Å². The summed E-state index contributed by atoms with van der Waals surface area (Å²) in [6.07, 6.45) is 2.44. The maximum absolute atomic E-state index is 13.0. The van der Waals surface area contributed by atoms with E-state index in [1.165, 1.54) is 23.8 Å². The van der Waals surface area contributed by atoms with E-state index in [4.69, 9.17) is 5.73 Å². The maximum Gasteiger partial charge on any atom is 0.225 e. The highest BCUT2D eigenvalue weighted by atomic mass is 19.1. The molecule has 0 saturated carbocycles. The Morgan fingerprint density at radius 2 is 1.91 bits per heavy atom. The molecule has 1 aromatic heterocycles. The van der Waals surface area contributed by atoms with Gasteiger partial charge >= 0.3 is 0 Å². The first-order valence-electron chi connectivity index (χ1n) is 7.71. The SMILES string of the molecule is CN1CC2CN(c3ncc(F)cn3)CCN2c2ccc(N)cc21. The molecule has 1 unspecified atom stereocenters. The molecule has 0 spiro atoms. The Kier molecular flexibility index (Phi) is 3.21. The lowest BCUT2D eigenvalue weighted by atomic mass is 10.0. The fraction of sp³-hybridized carbons (Fsp3) is 0.375. The van der Waals surface area contributed by atoms with Crippen molar-refractivity contribution in [1.82, 2.24) is 9.97 Å². The van der Waals surface area contributed by atoms with Gasteiger partial charge in [0, 0.05) is 38.9 Å². The van der Waals surface area contributed by atoms with Crippen LogP contribution >= 0.6 is 0 Å². The summed E-state index contributed by atoms with van der Waals surface area (Å²) in [4.78, 5) is 15.0. The quantitative estimate of drug-likeness (QED) is 0.802. The summed E-state index contributed by atoms with van der Waals surface area (Å²) in [5, 5.41) is 0. The average Bonchev–Trinajstić information content (AvgIpc) is 2.55. The fourth-order valence-corrected chi connectivity index (χ4v) is 3.48. The molecule has 2 N–H and O–H groups in total. The van der Waals surface area contributed by atoms with Gasteiger partial charge in [0.25, 0.3) is 0 Å². The Labute approximate surface area is 134 Å². The van der Waals surface area contributed by atoms with E-state index in [-0.39, 0.29) is 0 Å². The van der Waals surface area contributed by atoms with Gasteiger partial charge in [-0.3, -0.25) is 0 Å². The first kappa shape index (κ1) is 14.0. The fourth-order valence-electron chi connectivity index (χ4n) is 3.48. The zero-order valence-corrected chi connectivity index (χ0v) is 13.0. The molecule has 7 heteroatoms. The number of nitrogens with two attached hydrogens (primary N) is 1. The van der Waals surface area contributed by atoms with Crippen molar-refractivity contribution in [3.63, 3.8) is 0 Å². The molecule has 1 fully saturated rings. The molecule has 2 aliphatic rings. The number of rotatable bonds is 1. The minimum Gasteiger partial charge on any atom is -0.399 e. The minimum atomic E-state index is -0.406. The number of hydrogen-bond acceptors (Lipinski definition) is 6. The lowest BCUT2D eigenvalue weighted by Gasteiger charge is -2.48. The van der Waals surface area contributed by atoms with Crippen LogP contribution in [-0.2, 0) is 0 Å². The van der Waals surface area contributed by atoms with Gasteiger partial charge in [-0.2, -0.15) is 0 Å². The van der Waals surface area contributed by atoms with E-state index in [0.717, 1.165) is 31.9 Å². The number of hydrogen-bond donors (Lipinski definition) is 1. The van der Waals surface area contributed by atoms with E-state index in [9.17, 15) is 4.39 Å². The third-order valence-electron chi connectivity index (χ3n) is 4.58. The van der Waals surface area contributed by atoms with Gasteiger partial charge in [0.05, 0.1) is 29.8 Å². The van der Waals surface area contributed by atoms with E-state index in [1.54, 1.807) is 0 Å². The number of piperazine rings is 1. The smallest absolute Gasteiger partial charge is 0.225 e. The molecule has 6 nitrogen and oxygen atoms in total. The van der Waals surface area contributed by atoms with Gasteiger partial charge in [0.15, 0.2) is 5.82 Å². The molecular formula is C16H19FN6. The molecule has 2 aromatic rings. The van der Waals surface area contributed by atoms with Crippen molar-refractivity contribution in [2.24, 2.45) is 0 Å². The van der Waals surface area contributed by atoms with E-state index in [1.807, 2.05) is 12.1 Å². The predicted octanol–water partition coefficient (Wildman–Crippen LogP) is 1.34. The Hall–Kier alpha value is -2.57. The summed E-state index contributed by atoms with van der Waals surface area (Å²) in [6, 6.07) is 6.42. The molecule has 23 heavy (non-hydrogen) atoms. The Morgan fingerprint density at radius 1 is 1.13 bits per heavy atom. The molecule has 1 atom stereocenters. The second-order valence-corrected chi connectivity index (χ2v) is 6.12. The number of nitrogen functional groups attached to an aromatic ring is 1. The summed E-state index contributed by atoms with van der Waals surface area (Å²) in [5.74, 6) is 0.188. The van der Waals surface area contributed by atoms with Gasteiger partial charge in [-0.15, -0.1) is 0 Å². The van der Waals surface area contributed by atoms with Crippen LogP contribution in [0.5, 0.6) is 0 Å². The highest BCUT2D eigenvalue weighted by molar-refractivity contribution is 5.77. The number of nitrogens with zero attached hydrogens (tertiary/aromatic N) is 5. The number of fused-ring (bicyclic) bond motifs is 3. The third kappa shape index (κ3) is 2.42. The second kappa shape index (κ2) is 5.26. The average molecular weight is 314 g/mol. The van der Waals surface area contributed by atoms with E-state index < -0.39 is 5.82 Å². The molecule has 0 bridgehead atoms. The zero-order chi connectivity index (χ0) is 16.0. The van der Waals surface area contributed by atoms with E-state index in [2.05, 4.69) is 37.8 Å². The maximum atomic E-state index is 13.0. The third-order valence-corrected chi connectivity index (χ3v) is 4.58. The van der Waals surface area contributed by atoms with Crippen LogP contribution in [0, 0.1) is 5.82 Å². The number of halogens is 1. The normalized spacial score (nSPS) is 20.3. The monoisotopic (exact) mass is 314 g/mol. The number of likely N-dealkylation sites (N-methyl/N-ethyl adjacent to an activating group) is 1. The standard InChI is InChI=1S/C16H19FN6/c1-21-9-13-10-22(16-19-7-11(17)8-20-16)4-5-23(13)14-3-2-12(18)6-15(14)21/h2-3,6-8,13H,4-5,9-10,18H2,1H3. The summed E-state index contributed by atoms with van der Waals surface area (Å²) >= 11 is 0.